The van der Waals surface area contributed by atoms with Gasteiger partial charge in [0, 0.05) is 0 Å². The molecule has 12 heavy (non-hydrogen) atoms. The van der Waals surface area contributed by atoms with Crippen LogP contribution in [-0.4, -0.2) is 23.8 Å². The fourth-order valence-corrected chi connectivity index (χ4v) is 0.694. The molecule has 1 N–H and O–H groups in total. The highest BCUT2D eigenvalue weighted by Gasteiger charge is 2.02. The number of hydrogen-bond acceptors (Lipinski definition) is 2. The zero-order valence-corrected chi connectivity index (χ0v) is 7.03. The lowest BCUT2D eigenvalue weighted by molar-refractivity contribution is -0.138. The summed E-state index contributed by atoms with van der Waals surface area (Å²) < 4.78 is 5.17. The van der Waals surface area contributed by atoms with E-state index in [2.05, 4.69) is 13.2 Å². The number of aliphatic carboxylic acids is 1. The Kier molecular flexibility index (Phi) is 6.01. The van der Waals surface area contributed by atoms with Crippen LogP contribution in [0.1, 0.15) is 12.8 Å². The number of ether oxygens (including phenoxy) is 1. The first kappa shape index (κ1) is 10.9. The Balaban J connectivity index is 3.50. The first-order valence-corrected chi connectivity index (χ1v) is 3.77. The highest BCUT2D eigenvalue weighted by atomic mass is 16.5. The van der Waals surface area contributed by atoms with Gasteiger partial charge < -0.3 is 9.84 Å². The monoisotopic (exact) mass is 170 g/mol. The van der Waals surface area contributed by atoms with Gasteiger partial charge in [-0.2, -0.15) is 0 Å². The van der Waals surface area contributed by atoms with Gasteiger partial charge in [0.15, 0.2) is 0 Å². The van der Waals surface area contributed by atoms with Crippen LogP contribution in [0.25, 0.3) is 0 Å². The quantitative estimate of drug-likeness (QED) is 0.590. The lowest BCUT2D eigenvalue weighted by atomic mass is 10.2. The van der Waals surface area contributed by atoms with E-state index in [9.17, 15) is 4.79 Å². The summed E-state index contributed by atoms with van der Waals surface area (Å²) in [6, 6.07) is 0. The molecule has 0 saturated heterocycles. The molecule has 3 heteroatoms. The first-order chi connectivity index (χ1) is 5.70. The van der Waals surface area contributed by atoms with E-state index in [-0.39, 0.29) is 19.1 Å². The van der Waals surface area contributed by atoms with Crippen LogP contribution in [0.2, 0.25) is 0 Å². The van der Waals surface area contributed by atoms with E-state index in [1.165, 1.54) is 0 Å². The Morgan fingerprint density at radius 1 is 1.58 bits per heavy atom. The normalized spacial score (nSPS) is 12.0. The average Bonchev–Trinajstić information content (AvgIpc) is 2.02. The van der Waals surface area contributed by atoms with Gasteiger partial charge in [0.25, 0.3) is 0 Å². The molecule has 0 radical (unpaired) electrons. The van der Waals surface area contributed by atoms with Crippen LogP contribution in [-0.2, 0) is 9.53 Å². The topological polar surface area (TPSA) is 46.5 Å². The van der Waals surface area contributed by atoms with E-state index in [1.807, 2.05) is 0 Å². The minimum Gasteiger partial charge on any atom is -0.481 e. The Labute approximate surface area is 72.3 Å². The summed E-state index contributed by atoms with van der Waals surface area (Å²) in [7, 11) is 0. The lowest BCUT2D eigenvalue weighted by Crippen LogP contribution is -2.11. The van der Waals surface area contributed by atoms with Gasteiger partial charge in [-0.1, -0.05) is 12.2 Å². The molecule has 1 unspecified atom stereocenters. The molecule has 0 rings (SSSR count). The van der Waals surface area contributed by atoms with E-state index in [4.69, 9.17) is 9.84 Å². The highest BCUT2D eigenvalue weighted by molar-refractivity contribution is 5.66. The maximum atomic E-state index is 10.1. The number of carboxylic acid groups (broad SMARTS) is 1. The Morgan fingerprint density at radius 2 is 2.25 bits per heavy atom. The Morgan fingerprint density at radius 3 is 2.67 bits per heavy atom. The second-order valence-electron chi connectivity index (χ2n) is 2.31. The molecule has 0 aliphatic rings. The highest BCUT2D eigenvalue weighted by Crippen LogP contribution is 2.00. The van der Waals surface area contributed by atoms with E-state index in [0.29, 0.717) is 6.42 Å². The van der Waals surface area contributed by atoms with Gasteiger partial charge in [0.1, 0.15) is 0 Å². The van der Waals surface area contributed by atoms with Crippen molar-refractivity contribution in [3.63, 3.8) is 0 Å². The van der Waals surface area contributed by atoms with Crippen LogP contribution in [0.4, 0.5) is 0 Å². The largest absolute Gasteiger partial charge is 0.481 e. The number of carboxylic acids is 1. The van der Waals surface area contributed by atoms with E-state index < -0.39 is 5.97 Å². The molecule has 0 bridgehead atoms. The van der Waals surface area contributed by atoms with Crippen molar-refractivity contribution in [2.75, 3.05) is 6.61 Å². The average molecular weight is 170 g/mol. The predicted octanol–water partition coefficient (Wildman–Crippen LogP) is 1.61. The second kappa shape index (κ2) is 6.61. The maximum absolute atomic E-state index is 10.1. The van der Waals surface area contributed by atoms with E-state index in [1.54, 1.807) is 12.2 Å². The molecule has 0 aromatic rings. The summed E-state index contributed by atoms with van der Waals surface area (Å²) in [4.78, 5) is 10.1. The Hall–Kier alpha value is -1.09. The molecule has 0 heterocycles. The van der Waals surface area contributed by atoms with Gasteiger partial charge in [-0.3, -0.25) is 4.79 Å². The van der Waals surface area contributed by atoms with E-state index in [0.717, 1.165) is 0 Å². The molecular weight excluding hydrogens is 156 g/mol. The third-order valence-corrected chi connectivity index (χ3v) is 1.31. The molecule has 1 atom stereocenters. The van der Waals surface area contributed by atoms with Crippen LogP contribution in [0, 0.1) is 0 Å². The van der Waals surface area contributed by atoms with Crippen LogP contribution >= 0.6 is 0 Å². The first-order valence-electron chi connectivity index (χ1n) is 3.77. The van der Waals surface area contributed by atoms with Crippen molar-refractivity contribution in [1.82, 2.24) is 0 Å². The van der Waals surface area contributed by atoms with Crippen molar-refractivity contribution in [3.8, 4) is 0 Å². The lowest BCUT2D eigenvalue weighted by Gasteiger charge is -2.09. The molecule has 0 spiro atoms. The molecule has 3 nitrogen and oxygen atoms in total. The molecular formula is C9H14O3. The van der Waals surface area contributed by atoms with Gasteiger partial charge in [-0.25, -0.2) is 0 Å². The Bertz CT molecular complexity index is 163. The smallest absolute Gasteiger partial charge is 0.305 e. The summed E-state index contributed by atoms with van der Waals surface area (Å²) in [6.07, 6.45) is 3.95. The molecule has 68 valence electrons. The van der Waals surface area contributed by atoms with Gasteiger partial charge >= 0.3 is 5.97 Å². The summed E-state index contributed by atoms with van der Waals surface area (Å²) in [5.41, 5.74) is 0. The van der Waals surface area contributed by atoms with Crippen molar-refractivity contribution in [3.05, 3.63) is 25.3 Å². The van der Waals surface area contributed by atoms with Gasteiger partial charge in [0.2, 0.25) is 0 Å². The van der Waals surface area contributed by atoms with Crippen molar-refractivity contribution in [1.29, 1.82) is 0 Å². The summed E-state index contributed by atoms with van der Waals surface area (Å²) >= 11 is 0. The molecule has 0 aliphatic carbocycles. The third kappa shape index (κ3) is 5.68. The molecule has 0 fully saturated rings. The molecule has 0 aliphatic heterocycles. The zero-order chi connectivity index (χ0) is 9.40. The zero-order valence-electron chi connectivity index (χ0n) is 7.03. The van der Waals surface area contributed by atoms with Crippen molar-refractivity contribution in [2.45, 2.75) is 18.9 Å². The summed E-state index contributed by atoms with van der Waals surface area (Å²) in [6.45, 7) is 7.33. The summed E-state index contributed by atoms with van der Waals surface area (Å²) in [5, 5.41) is 8.30. The van der Waals surface area contributed by atoms with Crippen molar-refractivity contribution >= 4 is 5.97 Å². The van der Waals surface area contributed by atoms with Gasteiger partial charge in [-0.15, -0.1) is 13.2 Å². The molecule has 0 aromatic carbocycles. The van der Waals surface area contributed by atoms with Gasteiger partial charge in [0.05, 0.1) is 19.1 Å². The maximum Gasteiger partial charge on any atom is 0.305 e. The van der Waals surface area contributed by atoms with Crippen LogP contribution in [0.5, 0.6) is 0 Å². The standard InChI is InChI=1S/C9H14O3/c1-3-5-8(4-2)12-7-6-9(10)11/h3-4,8H,1-2,5-7H2,(H,10,11). The number of carbonyl (C=O) groups is 1. The molecule has 0 saturated carbocycles. The van der Waals surface area contributed by atoms with Crippen LogP contribution in [0.15, 0.2) is 25.3 Å². The van der Waals surface area contributed by atoms with Crippen LogP contribution < -0.4 is 0 Å². The molecule has 0 amide bonds. The van der Waals surface area contributed by atoms with Crippen molar-refractivity contribution < 1.29 is 14.6 Å². The molecule has 0 aromatic heterocycles. The fraction of sp³-hybridized carbons (Fsp3) is 0.444. The SMILES string of the molecule is C=CCC(C=C)OCCC(=O)O. The van der Waals surface area contributed by atoms with Crippen molar-refractivity contribution in [2.24, 2.45) is 0 Å². The third-order valence-electron chi connectivity index (χ3n) is 1.31. The number of hydrogen-bond donors (Lipinski definition) is 1. The van der Waals surface area contributed by atoms with E-state index >= 15 is 0 Å². The fourth-order valence-electron chi connectivity index (χ4n) is 0.694. The predicted molar refractivity (Wildman–Crippen MR) is 47.0 cm³/mol. The number of rotatable bonds is 7. The second-order valence-corrected chi connectivity index (χ2v) is 2.31. The summed E-state index contributed by atoms with van der Waals surface area (Å²) in [5.74, 6) is -0.851. The minimum absolute atomic E-state index is 0.0292. The minimum atomic E-state index is -0.851. The van der Waals surface area contributed by atoms with Crippen LogP contribution in [0.3, 0.4) is 0 Å². The van der Waals surface area contributed by atoms with Gasteiger partial charge in [-0.05, 0) is 6.42 Å².